The van der Waals surface area contributed by atoms with Gasteiger partial charge in [-0.05, 0) is 36.4 Å². The maximum atomic E-state index is 5.79. The maximum Gasteiger partial charge on any atom is 0.127 e. The molecule has 3 N–H and O–H groups in total. The van der Waals surface area contributed by atoms with Gasteiger partial charge in [0.1, 0.15) is 11.5 Å². The monoisotopic (exact) mass is 274 g/mol. The van der Waals surface area contributed by atoms with Crippen LogP contribution in [0, 0.1) is 0 Å². The van der Waals surface area contributed by atoms with Crippen molar-refractivity contribution in [2.24, 2.45) is 5.73 Å². The highest BCUT2D eigenvalue weighted by Crippen LogP contribution is 2.22. The second kappa shape index (κ2) is 7.07. The van der Waals surface area contributed by atoms with Crippen LogP contribution in [0.5, 0.6) is 11.5 Å². The van der Waals surface area contributed by atoms with E-state index in [0.29, 0.717) is 12.3 Å². The van der Waals surface area contributed by atoms with Crippen molar-refractivity contribution in [1.29, 1.82) is 0 Å². The normalized spacial score (nSPS) is 11.9. The SMILES string of the molecule is N[C@@H](CS)CNc1ccc(Oc2ccccc2)cc1. The van der Waals surface area contributed by atoms with Crippen molar-refractivity contribution in [3.05, 3.63) is 54.6 Å². The van der Waals surface area contributed by atoms with Crippen LogP contribution in [-0.2, 0) is 0 Å². The van der Waals surface area contributed by atoms with Crippen LogP contribution in [0.2, 0.25) is 0 Å². The first-order chi connectivity index (χ1) is 9.28. The number of hydrogen-bond acceptors (Lipinski definition) is 4. The molecule has 0 radical (unpaired) electrons. The standard InChI is InChI=1S/C15H18N2OS/c16-12(11-19)10-17-13-6-8-15(9-7-13)18-14-4-2-1-3-5-14/h1-9,12,17,19H,10-11,16H2/t12-/m1/s1. The number of hydrogen-bond donors (Lipinski definition) is 3. The van der Waals surface area contributed by atoms with Crippen LogP contribution in [0.3, 0.4) is 0 Å². The molecule has 0 saturated carbocycles. The van der Waals surface area contributed by atoms with Crippen molar-refractivity contribution in [3.8, 4) is 11.5 Å². The molecule has 0 amide bonds. The van der Waals surface area contributed by atoms with Gasteiger partial charge in [0.05, 0.1) is 0 Å². The molecule has 0 aliphatic rings. The predicted molar refractivity (Wildman–Crippen MR) is 83.3 cm³/mol. The fraction of sp³-hybridized carbons (Fsp3) is 0.200. The summed E-state index contributed by atoms with van der Waals surface area (Å²) in [5.74, 6) is 2.32. The van der Waals surface area contributed by atoms with E-state index in [1.807, 2.05) is 54.6 Å². The summed E-state index contributed by atoms with van der Waals surface area (Å²) in [5.41, 5.74) is 6.81. The van der Waals surface area contributed by atoms with E-state index in [2.05, 4.69) is 17.9 Å². The quantitative estimate of drug-likeness (QED) is 0.709. The van der Waals surface area contributed by atoms with E-state index in [1.165, 1.54) is 0 Å². The minimum absolute atomic E-state index is 0.0589. The van der Waals surface area contributed by atoms with Crippen LogP contribution in [-0.4, -0.2) is 18.3 Å². The smallest absolute Gasteiger partial charge is 0.127 e. The van der Waals surface area contributed by atoms with Gasteiger partial charge in [-0.1, -0.05) is 18.2 Å². The lowest BCUT2D eigenvalue weighted by molar-refractivity contribution is 0.483. The molecule has 2 rings (SSSR count). The van der Waals surface area contributed by atoms with Crippen molar-refractivity contribution >= 4 is 18.3 Å². The van der Waals surface area contributed by atoms with Gasteiger partial charge in [-0.15, -0.1) is 0 Å². The van der Waals surface area contributed by atoms with E-state index in [9.17, 15) is 0 Å². The molecule has 0 heterocycles. The van der Waals surface area contributed by atoms with Gasteiger partial charge in [0.15, 0.2) is 0 Å². The topological polar surface area (TPSA) is 47.3 Å². The first-order valence-electron chi connectivity index (χ1n) is 6.21. The molecular weight excluding hydrogens is 256 g/mol. The van der Waals surface area contributed by atoms with Gasteiger partial charge in [0.2, 0.25) is 0 Å². The Hall–Kier alpha value is -1.65. The van der Waals surface area contributed by atoms with Gasteiger partial charge in [0, 0.05) is 24.0 Å². The average molecular weight is 274 g/mol. The molecule has 0 unspecified atom stereocenters. The van der Waals surface area contributed by atoms with E-state index in [-0.39, 0.29) is 6.04 Å². The molecule has 0 spiro atoms. The number of rotatable bonds is 6. The molecule has 0 saturated heterocycles. The second-order valence-corrected chi connectivity index (χ2v) is 4.63. The van der Waals surface area contributed by atoms with Crippen molar-refractivity contribution < 1.29 is 4.74 Å². The fourth-order valence-electron chi connectivity index (χ4n) is 1.58. The van der Waals surface area contributed by atoms with Crippen molar-refractivity contribution in [2.75, 3.05) is 17.6 Å². The third-order valence-electron chi connectivity index (χ3n) is 2.64. The molecule has 2 aromatic rings. The number of thiol groups is 1. The molecule has 1 atom stereocenters. The molecule has 2 aromatic carbocycles. The Morgan fingerprint density at radius 1 is 1.00 bits per heavy atom. The molecule has 100 valence electrons. The van der Waals surface area contributed by atoms with Crippen molar-refractivity contribution in [3.63, 3.8) is 0 Å². The molecule has 4 heteroatoms. The van der Waals surface area contributed by atoms with Crippen LogP contribution in [0.4, 0.5) is 5.69 Å². The summed E-state index contributed by atoms with van der Waals surface area (Å²) in [5, 5.41) is 3.26. The third-order valence-corrected chi connectivity index (χ3v) is 3.11. The number of benzene rings is 2. The van der Waals surface area contributed by atoms with Crippen LogP contribution in [0.1, 0.15) is 0 Å². The molecule has 19 heavy (non-hydrogen) atoms. The summed E-state index contributed by atoms with van der Waals surface area (Å²) in [4.78, 5) is 0. The van der Waals surface area contributed by atoms with Crippen LogP contribution in [0.25, 0.3) is 0 Å². The first-order valence-corrected chi connectivity index (χ1v) is 6.84. The molecule has 0 fully saturated rings. The molecule has 0 aromatic heterocycles. The number of ether oxygens (including phenoxy) is 1. The zero-order valence-corrected chi connectivity index (χ0v) is 11.5. The molecule has 0 aliphatic heterocycles. The Morgan fingerprint density at radius 2 is 1.63 bits per heavy atom. The fourth-order valence-corrected chi connectivity index (χ4v) is 1.71. The van der Waals surface area contributed by atoms with Gasteiger partial charge in [0.25, 0.3) is 0 Å². The van der Waals surface area contributed by atoms with Crippen molar-refractivity contribution in [2.45, 2.75) is 6.04 Å². The Balaban J connectivity index is 1.91. The lowest BCUT2D eigenvalue weighted by Crippen LogP contribution is -2.30. The lowest BCUT2D eigenvalue weighted by Gasteiger charge is -2.11. The van der Waals surface area contributed by atoms with E-state index < -0.39 is 0 Å². The summed E-state index contributed by atoms with van der Waals surface area (Å²) >= 11 is 4.15. The third kappa shape index (κ3) is 4.50. The van der Waals surface area contributed by atoms with Gasteiger partial charge in [-0.2, -0.15) is 12.6 Å². The highest BCUT2D eigenvalue weighted by atomic mass is 32.1. The van der Waals surface area contributed by atoms with Crippen LogP contribution < -0.4 is 15.8 Å². The van der Waals surface area contributed by atoms with E-state index >= 15 is 0 Å². The Kier molecular flexibility index (Phi) is 5.12. The number of para-hydroxylation sites is 1. The van der Waals surface area contributed by atoms with Gasteiger partial charge in [-0.25, -0.2) is 0 Å². The highest BCUT2D eigenvalue weighted by molar-refractivity contribution is 7.80. The lowest BCUT2D eigenvalue weighted by atomic mass is 10.2. The molecule has 0 bridgehead atoms. The van der Waals surface area contributed by atoms with E-state index in [0.717, 1.165) is 17.2 Å². The molecule has 3 nitrogen and oxygen atoms in total. The summed E-state index contributed by atoms with van der Waals surface area (Å²) in [6.45, 7) is 0.711. The Morgan fingerprint density at radius 3 is 2.26 bits per heavy atom. The largest absolute Gasteiger partial charge is 0.457 e. The summed E-state index contributed by atoms with van der Waals surface area (Å²) < 4.78 is 5.72. The minimum Gasteiger partial charge on any atom is -0.457 e. The zero-order valence-electron chi connectivity index (χ0n) is 10.6. The van der Waals surface area contributed by atoms with Crippen LogP contribution in [0.15, 0.2) is 54.6 Å². The number of anilines is 1. The average Bonchev–Trinajstić information content (AvgIpc) is 2.47. The van der Waals surface area contributed by atoms with Gasteiger partial charge >= 0.3 is 0 Å². The van der Waals surface area contributed by atoms with E-state index in [4.69, 9.17) is 10.5 Å². The first kappa shape index (κ1) is 13.8. The van der Waals surface area contributed by atoms with Gasteiger partial charge < -0.3 is 15.8 Å². The Labute approximate surface area is 119 Å². The number of nitrogens with one attached hydrogen (secondary N) is 1. The maximum absolute atomic E-state index is 5.79. The van der Waals surface area contributed by atoms with Gasteiger partial charge in [-0.3, -0.25) is 0 Å². The Bertz CT molecular complexity index is 487. The second-order valence-electron chi connectivity index (χ2n) is 4.26. The number of nitrogens with two attached hydrogens (primary N) is 1. The molecule has 0 aliphatic carbocycles. The van der Waals surface area contributed by atoms with Crippen LogP contribution >= 0.6 is 12.6 Å². The summed E-state index contributed by atoms with van der Waals surface area (Å²) in [6.07, 6.45) is 0. The van der Waals surface area contributed by atoms with Crippen molar-refractivity contribution in [1.82, 2.24) is 0 Å². The zero-order chi connectivity index (χ0) is 13.5. The van der Waals surface area contributed by atoms with E-state index in [1.54, 1.807) is 0 Å². The minimum atomic E-state index is 0.0589. The predicted octanol–water partition coefficient (Wildman–Crippen LogP) is 3.15. The summed E-state index contributed by atoms with van der Waals surface area (Å²) in [7, 11) is 0. The summed E-state index contributed by atoms with van der Waals surface area (Å²) in [6, 6.07) is 17.6. The molecular formula is C15H18N2OS. The highest BCUT2D eigenvalue weighted by Gasteiger charge is 2.00.